The van der Waals surface area contributed by atoms with E-state index in [1.54, 1.807) is 30.3 Å². The molecule has 0 spiro atoms. The molecule has 0 bridgehead atoms. The van der Waals surface area contributed by atoms with Crippen LogP contribution in [0.3, 0.4) is 0 Å². The summed E-state index contributed by atoms with van der Waals surface area (Å²) in [5, 5.41) is 11.7. The molecule has 8 nitrogen and oxygen atoms in total. The second kappa shape index (κ2) is 7.10. The zero-order chi connectivity index (χ0) is 19.7. The first-order valence-corrected chi connectivity index (χ1v) is 8.54. The monoisotopic (exact) mass is 379 g/mol. The van der Waals surface area contributed by atoms with Gasteiger partial charge in [-0.1, -0.05) is 24.3 Å². The summed E-state index contributed by atoms with van der Waals surface area (Å²) >= 11 is 0. The Labute approximate surface area is 158 Å². The molecule has 0 aliphatic carbocycles. The predicted molar refractivity (Wildman–Crippen MR) is 94.1 cm³/mol. The first kappa shape index (κ1) is 17.7. The van der Waals surface area contributed by atoms with Crippen molar-refractivity contribution in [1.29, 1.82) is 0 Å². The summed E-state index contributed by atoms with van der Waals surface area (Å²) in [7, 11) is 0. The molecule has 0 N–H and O–H groups in total. The maximum Gasteiger partial charge on any atom is 0.261 e. The fourth-order valence-corrected chi connectivity index (χ4v) is 3.00. The normalized spacial score (nSPS) is 13.1. The molecule has 28 heavy (non-hydrogen) atoms. The van der Waals surface area contributed by atoms with E-state index in [2.05, 4.69) is 15.4 Å². The van der Waals surface area contributed by atoms with Gasteiger partial charge in [0.05, 0.1) is 16.7 Å². The molecule has 3 aromatic rings. The lowest BCUT2D eigenvalue weighted by molar-refractivity contribution is 0.0655. The van der Waals surface area contributed by atoms with E-state index in [1.165, 1.54) is 18.2 Å². The van der Waals surface area contributed by atoms with Gasteiger partial charge in [-0.3, -0.25) is 19.3 Å². The Hall–Kier alpha value is -3.75. The summed E-state index contributed by atoms with van der Waals surface area (Å²) in [5.74, 6) is -1.54. The second-order valence-electron chi connectivity index (χ2n) is 6.20. The quantitative estimate of drug-likeness (QED) is 0.476. The lowest BCUT2D eigenvalue weighted by Crippen LogP contribution is -2.32. The van der Waals surface area contributed by atoms with Crippen LogP contribution in [0.1, 0.15) is 36.9 Å². The number of carbonyl (C=O) groups is 3. The highest BCUT2D eigenvalue weighted by molar-refractivity contribution is 6.21. The minimum absolute atomic E-state index is 0.0487. The van der Waals surface area contributed by atoms with Crippen molar-refractivity contribution in [2.45, 2.75) is 13.0 Å². The standard InChI is InChI=1S/C19H14FN5O3/c20-15-8-4-3-7-14(15)16(26)11-25-22-17(21-23-25)9-10-24-18(27)12-5-1-2-6-13(12)19(24)28/h1-8H,9-11H2. The van der Waals surface area contributed by atoms with Crippen LogP contribution < -0.4 is 0 Å². The van der Waals surface area contributed by atoms with Gasteiger partial charge in [0, 0.05) is 13.0 Å². The maximum absolute atomic E-state index is 13.7. The van der Waals surface area contributed by atoms with Crippen LogP contribution in [0, 0.1) is 5.82 Å². The topological polar surface area (TPSA) is 98.0 Å². The van der Waals surface area contributed by atoms with Gasteiger partial charge in [-0.2, -0.15) is 4.80 Å². The molecule has 0 saturated heterocycles. The summed E-state index contributed by atoms with van der Waals surface area (Å²) in [5.41, 5.74) is 0.701. The first-order chi connectivity index (χ1) is 13.5. The Morgan fingerprint density at radius 1 is 0.964 bits per heavy atom. The summed E-state index contributed by atoms with van der Waals surface area (Å²) in [6.45, 7) is -0.166. The lowest BCUT2D eigenvalue weighted by atomic mass is 10.1. The molecule has 2 amide bonds. The van der Waals surface area contributed by atoms with Crippen LogP contribution in [0.2, 0.25) is 0 Å². The molecule has 1 aromatic heterocycles. The number of nitrogens with zero attached hydrogens (tertiary/aromatic N) is 5. The number of ketones is 1. The average Bonchev–Trinajstić information content (AvgIpc) is 3.24. The maximum atomic E-state index is 13.7. The molecule has 2 heterocycles. The van der Waals surface area contributed by atoms with Gasteiger partial charge < -0.3 is 0 Å². The van der Waals surface area contributed by atoms with Gasteiger partial charge in [0.2, 0.25) is 0 Å². The van der Waals surface area contributed by atoms with Crippen molar-refractivity contribution >= 4 is 17.6 Å². The number of benzene rings is 2. The number of rotatable bonds is 6. The number of hydrogen-bond acceptors (Lipinski definition) is 6. The van der Waals surface area contributed by atoms with E-state index in [-0.39, 0.29) is 42.7 Å². The third kappa shape index (κ3) is 3.18. The zero-order valence-corrected chi connectivity index (χ0v) is 14.6. The van der Waals surface area contributed by atoms with E-state index in [0.29, 0.717) is 11.1 Å². The molecular weight excluding hydrogens is 365 g/mol. The molecule has 140 valence electrons. The second-order valence-corrected chi connectivity index (χ2v) is 6.20. The van der Waals surface area contributed by atoms with Crippen molar-refractivity contribution < 1.29 is 18.8 Å². The molecule has 2 aromatic carbocycles. The molecule has 1 aliphatic rings. The summed E-state index contributed by atoms with van der Waals surface area (Å²) in [4.78, 5) is 39.0. The number of fused-ring (bicyclic) bond motifs is 1. The number of amides is 2. The van der Waals surface area contributed by atoms with Crippen LogP contribution in [0.15, 0.2) is 48.5 Å². The minimum Gasteiger partial charge on any atom is -0.292 e. The van der Waals surface area contributed by atoms with Crippen LogP contribution >= 0.6 is 0 Å². The highest BCUT2D eigenvalue weighted by Gasteiger charge is 2.34. The summed E-state index contributed by atoms with van der Waals surface area (Å²) in [6, 6.07) is 12.3. The van der Waals surface area contributed by atoms with E-state index in [0.717, 1.165) is 9.70 Å². The Kier molecular flexibility index (Phi) is 4.48. The summed E-state index contributed by atoms with van der Waals surface area (Å²) < 4.78 is 13.7. The number of tetrazole rings is 1. The van der Waals surface area contributed by atoms with Crippen molar-refractivity contribution in [3.8, 4) is 0 Å². The van der Waals surface area contributed by atoms with E-state index >= 15 is 0 Å². The van der Waals surface area contributed by atoms with Gasteiger partial charge in [0.15, 0.2) is 11.6 Å². The number of aromatic nitrogens is 4. The molecule has 4 rings (SSSR count). The first-order valence-electron chi connectivity index (χ1n) is 8.54. The van der Waals surface area contributed by atoms with Crippen LogP contribution in [0.4, 0.5) is 4.39 Å². The lowest BCUT2D eigenvalue weighted by Gasteiger charge is -2.11. The number of halogens is 1. The van der Waals surface area contributed by atoms with Crippen LogP contribution in [0.5, 0.6) is 0 Å². The van der Waals surface area contributed by atoms with Gasteiger partial charge in [0.25, 0.3) is 11.8 Å². The van der Waals surface area contributed by atoms with Crippen LogP contribution in [0.25, 0.3) is 0 Å². The Balaban J connectivity index is 1.40. The van der Waals surface area contributed by atoms with Crippen molar-refractivity contribution in [2.24, 2.45) is 0 Å². The number of imide groups is 1. The number of Topliss-reactive ketones (excluding diaryl/α,β-unsaturated/α-hetero) is 1. The van der Waals surface area contributed by atoms with Crippen molar-refractivity contribution in [3.63, 3.8) is 0 Å². The third-order valence-corrected chi connectivity index (χ3v) is 4.39. The fourth-order valence-electron chi connectivity index (χ4n) is 3.00. The van der Waals surface area contributed by atoms with E-state index in [1.807, 2.05) is 0 Å². The van der Waals surface area contributed by atoms with Gasteiger partial charge in [-0.25, -0.2) is 4.39 Å². The Morgan fingerprint density at radius 2 is 1.61 bits per heavy atom. The minimum atomic E-state index is -0.613. The Morgan fingerprint density at radius 3 is 2.29 bits per heavy atom. The molecule has 0 saturated carbocycles. The molecular formula is C19H14FN5O3. The zero-order valence-electron chi connectivity index (χ0n) is 14.6. The van der Waals surface area contributed by atoms with Gasteiger partial charge in [0.1, 0.15) is 12.4 Å². The predicted octanol–water partition coefficient (Wildman–Crippen LogP) is 1.53. The molecule has 0 fully saturated rings. The third-order valence-electron chi connectivity index (χ3n) is 4.39. The van der Waals surface area contributed by atoms with Gasteiger partial charge in [-0.15, -0.1) is 10.2 Å². The number of carbonyl (C=O) groups excluding carboxylic acids is 3. The van der Waals surface area contributed by atoms with Crippen LogP contribution in [-0.4, -0.2) is 49.2 Å². The van der Waals surface area contributed by atoms with E-state index in [9.17, 15) is 18.8 Å². The van der Waals surface area contributed by atoms with Crippen molar-refractivity contribution in [1.82, 2.24) is 25.1 Å². The highest BCUT2D eigenvalue weighted by Crippen LogP contribution is 2.22. The molecule has 0 unspecified atom stereocenters. The van der Waals surface area contributed by atoms with Crippen molar-refractivity contribution in [3.05, 3.63) is 76.9 Å². The summed E-state index contributed by atoms with van der Waals surface area (Å²) in [6.07, 6.45) is 0.194. The molecule has 1 aliphatic heterocycles. The fraction of sp³-hybridized carbons (Fsp3) is 0.158. The molecule has 9 heteroatoms. The van der Waals surface area contributed by atoms with E-state index < -0.39 is 11.6 Å². The van der Waals surface area contributed by atoms with Gasteiger partial charge in [-0.05, 0) is 29.5 Å². The average molecular weight is 379 g/mol. The SMILES string of the molecule is O=C(Cn1nnc(CCN2C(=O)c3ccccc3C2=O)n1)c1ccccc1F. The van der Waals surface area contributed by atoms with Gasteiger partial charge >= 0.3 is 0 Å². The highest BCUT2D eigenvalue weighted by atomic mass is 19.1. The van der Waals surface area contributed by atoms with Crippen LogP contribution in [-0.2, 0) is 13.0 Å². The van der Waals surface area contributed by atoms with Crippen molar-refractivity contribution in [2.75, 3.05) is 6.54 Å². The van der Waals surface area contributed by atoms with E-state index in [4.69, 9.17) is 0 Å². The molecule has 0 radical (unpaired) electrons. The molecule has 0 atom stereocenters. The Bertz CT molecular complexity index is 1060. The largest absolute Gasteiger partial charge is 0.292 e. The smallest absolute Gasteiger partial charge is 0.261 e. The number of hydrogen-bond donors (Lipinski definition) is 0.